The van der Waals surface area contributed by atoms with E-state index >= 15 is 0 Å². The Morgan fingerprint density at radius 3 is 2.41 bits per heavy atom. The number of rotatable bonds is 3. The van der Waals surface area contributed by atoms with Gasteiger partial charge in [-0.05, 0) is 51.7 Å². The minimum absolute atomic E-state index is 0.259. The summed E-state index contributed by atoms with van der Waals surface area (Å²) in [6.45, 7) is 6.05. The van der Waals surface area contributed by atoms with Crippen molar-refractivity contribution < 1.29 is 4.74 Å². The predicted octanol–water partition coefficient (Wildman–Crippen LogP) is 2.38. The zero-order chi connectivity index (χ0) is 15.5. The van der Waals surface area contributed by atoms with Crippen LogP contribution in [0, 0.1) is 0 Å². The fraction of sp³-hybridized carbons (Fsp3) is 0.706. The summed E-state index contributed by atoms with van der Waals surface area (Å²) in [4.78, 5) is 6.94. The lowest BCUT2D eigenvalue weighted by Gasteiger charge is -2.36. The third-order valence-electron chi connectivity index (χ3n) is 4.63. The van der Waals surface area contributed by atoms with E-state index in [0.717, 1.165) is 50.3 Å². The van der Waals surface area contributed by atoms with Crippen molar-refractivity contribution in [2.75, 3.05) is 23.3 Å². The maximum atomic E-state index is 5.96. The fourth-order valence-corrected chi connectivity index (χ4v) is 3.52. The zero-order valence-corrected chi connectivity index (χ0v) is 13.7. The third kappa shape index (κ3) is 3.90. The van der Waals surface area contributed by atoms with Gasteiger partial charge in [-0.1, -0.05) is 0 Å². The Labute approximate surface area is 133 Å². The summed E-state index contributed by atoms with van der Waals surface area (Å²) < 4.78 is 5.78. The molecule has 0 bridgehead atoms. The minimum atomic E-state index is 0.259. The Kier molecular flexibility index (Phi) is 4.84. The molecule has 0 aromatic carbocycles. The van der Waals surface area contributed by atoms with Gasteiger partial charge in [-0.2, -0.15) is 0 Å². The molecule has 2 unspecified atom stereocenters. The van der Waals surface area contributed by atoms with Crippen molar-refractivity contribution in [3.63, 3.8) is 0 Å². The number of ether oxygens (including phenoxy) is 1. The molecular weight excluding hydrogens is 276 g/mol. The van der Waals surface area contributed by atoms with E-state index in [0.29, 0.717) is 12.1 Å². The highest BCUT2D eigenvalue weighted by molar-refractivity contribution is 5.49. The Morgan fingerprint density at radius 1 is 1.14 bits per heavy atom. The first-order valence-corrected chi connectivity index (χ1v) is 8.48. The lowest BCUT2D eigenvalue weighted by Crippen LogP contribution is -2.45. The molecule has 2 fully saturated rings. The molecule has 2 atom stereocenters. The van der Waals surface area contributed by atoms with Gasteiger partial charge in [0.15, 0.2) is 0 Å². The molecular formula is C17H28N4O. The monoisotopic (exact) mass is 304 g/mol. The van der Waals surface area contributed by atoms with E-state index < -0.39 is 0 Å². The van der Waals surface area contributed by atoms with Crippen LogP contribution in [0.3, 0.4) is 0 Å². The molecule has 1 aliphatic carbocycles. The van der Waals surface area contributed by atoms with E-state index in [4.69, 9.17) is 10.5 Å². The van der Waals surface area contributed by atoms with Crippen molar-refractivity contribution in [1.29, 1.82) is 0 Å². The summed E-state index contributed by atoms with van der Waals surface area (Å²) in [6, 6.07) is 5.18. The van der Waals surface area contributed by atoms with Gasteiger partial charge in [0.2, 0.25) is 0 Å². The number of anilines is 2. The normalized spacial score (nSPS) is 32.8. The van der Waals surface area contributed by atoms with Crippen LogP contribution in [0.5, 0.6) is 0 Å². The molecule has 1 saturated carbocycles. The first kappa shape index (κ1) is 15.6. The Balaban J connectivity index is 1.58. The molecule has 22 heavy (non-hydrogen) atoms. The van der Waals surface area contributed by atoms with Crippen LogP contribution in [0.15, 0.2) is 18.3 Å². The summed E-state index contributed by atoms with van der Waals surface area (Å²) in [6.07, 6.45) is 7.02. The highest BCUT2D eigenvalue weighted by Gasteiger charge is 2.23. The fourth-order valence-electron chi connectivity index (χ4n) is 3.52. The summed E-state index contributed by atoms with van der Waals surface area (Å²) >= 11 is 0. The standard InChI is InChI=1S/C17H28N4O/c1-12-10-21(11-13(2)22-12)17-8-7-16(9-19-17)20-15-5-3-14(18)4-6-15/h7-9,12-15,20H,3-6,10-11,18H2,1-2H3. The molecule has 122 valence electrons. The Bertz CT molecular complexity index is 460. The predicted molar refractivity (Wildman–Crippen MR) is 90.3 cm³/mol. The summed E-state index contributed by atoms with van der Waals surface area (Å²) in [7, 11) is 0. The van der Waals surface area contributed by atoms with Crippen molar-refractivity contribution in [1.82, 2.24) is 4.98 Å². The molecule has 2 heterocycles. The molecule has 2 aliphatic rings. The van der Waals surface area contributed by atoms with Gasteiger partial charge in [0, 0.05) is 25.2 Å². The molecule has 5 nitrogen and oxygen atoms in total. The van der Waals surface area contributed by atoms with Crippen LogP contribution >= 0.6 is 0 Å². The zero-order valence-electron chi connectivity index (χ0n) is 13.7. The van der Waals surface area contributed by atoms with E-state index in [1.165, 1.54) is 0 Å². The molecule has 1 aliphatic heterocycles. The average molecular weight is 304 g/mol. The van der Waals surface area contributed by atoms with Crippen LogP contribution in [0.2, 0.25) is 0 Å². The smallest absolute Gasteiger partial charge is 0.128 e. The number of nitrogens with zero attached hydrogens (tertiary/aromatic N) is 2. The van der Waals surface area contributed by atoms with E-state index in [-0.39, 0.29) is 12.2 Å². The van der Waals surface area contributed by atoms with Crippen LogP contribution < -0.4 is 16.0 Å². The first-order chi connectivity index (χ1) is 10.6. The second-order valence-corrected chi connectivity index (χ2v) is 6.82. The number of nitrogens with two attached hydrogens (primary N) is 1. The maximum absolute atomic E-state index is 5.96. The molecule has 5 heteroatoms. The average Bonchev–Trinajstić information content (AvgIpc) is 2.49. The van der Waals surface area contributed by atoms with Gasteiger partial charge in [0.1, 0.15) is 5.82 Å². The molecule has 0 radical (unpaired) electrons. The highest BCUT2D eigenvalue weighted by atomic mass is 16.5. The van der Waals surface area contributed by atoms with Gasteiger partial charge in [-0.25, -0.2) is 4.98 Å². The number of aromatic nitrogens is 1. The van der Waals surface area contributed by atoms with Gasteiger partial charge in [-0.3, -0.25) is 0 Å². The molecule has 0 amide bonds. The van der Waals surface area contributed by atoms with Gasteiger partial charge < -0.3 is 20.7 Å². The lowest BCUT2D eigenvalue weighted by atomic mass is 9.92. The van der Waals surface area contributed by atoms with Crippen LogP contribution in [-0.4, -0.2) is 42.4 Å². The molecule has 3 N–H and O–H groups in total. The number of morpholine rings is 1. The van der Waals surface area contributed by atoms with Gasteiger partial charge in [-0.15, -0.1) is 0 Å². The van der Waals surface area contributed by atoms with Crippen molar-refractivity contribution in [2.24, 2.45) is 5.73 Å². The van der Waals surface area contributed by atoms with Crippen molar-refractivity contribution in [2.45, 2.75) is 63.8 Å². The molecule has 0 spiro atoms. The second-order valence-electron chi connectivity index (χ2n) is 6.82. The molecule has 3 rings (SSSR count). The van der Waals surface area contributed by atoms with E-state index in [9.17, 15) is 0 Å². The van der Waals surface area contributed by atoms with Crippen molar-refractivity contribution in [3.05, 3.63) is 18.3 Å². The van der Waals surface area contributed by atoms with E-state index in [2.05, 4.69) is 41.2 Å². The first-order valence-electron chi connectivity index (χ1n) is 8.48. The number of hydrogen-bond donors (Lipinski definition) is 2. The van der Waals surface area contributed by atoms with Crippen LogP contribution in [0.25, 0.3) is 0 Å². The van der Waals surface area contributed by atoms with Gasteiger partial charge in [0.25, 0.3) is 0 Å². The van der Waals surface area contributed by atoms with Crippen molar-refractivity contribution in [3.8, 4) is 0 Å². The lowest BCUT2D eigenvalue weighted by molar-refractivity contribution is -0.00545. The summed E-state index contributed by atoms with van der Waals surface area (Å²) in [5, 5.41) is 3.59. The van der Waals surface area contributed by atoms with Crippen molar-refractivity contribution >= 4 is 11.5 Å². The summed E-state index contributed by atoms with van der Waals surface area (Å²) in [5.41, 5.74) is 7.07. The maximum Gasteiger partial charge on any atom is 0.128 e. The second kappa shape index (κ2) is 6.84. The Morgan fingerprint density at radius 2 is 1.82 bits per heavy atom. The van der Waals surface area contributed by atoms with Gasteiger partial charge in [0.05, 0.1) is 24.1 Å². The van der Waals surface area contributed by atoms with E-state index in [1.807, 2.05) is 6.20 Å². The van der Waals surface area contributed by atoms with E-state index in [1.54, 1.807) is 0 Å². The largest absolute Gasteiger partial charge is 0.381 e. The highest BCUT2D eigenvalue weighted by Crippen LogP contribution is 2.23. The van der Waals surface area contributed by atoms with Crippen LogP contribution in [-0.2, 0) is 4.74 Å². The number of nitrogens with one attached hydrogen (secondary N) is 1. The Hall–Kier alpha value is -1.33. The molecule has 1 aromatic rings. The molecule has 1 saturated heterocycles. The minimum Gasteiger partial charge on any atom is -0.381 e. The molecule has 1 aromatic heterocycles. The third-order valence-corrected chi connectivity index (χ3v) is 4.63. The topological polar surface area (TPSA) is 63.4 Å². The SMILES string of the molecule is CC1CN(c2ccc(NC3CCC(N)CC3)cn2)CC(C)O1. The van der Waals surface area contributed by atoms with Crippen LogP contribution in [0.4, 0.5) is 11.5 Å². The number of pyridine rings is 1. The van der Waals surface area contributed by atoms with Gasteiger partial charge >= 0.3 is 0 Å². The number of hydrogen-bond acceptors (Lipinski definition) is 5. The summed E-state index contributed by atoms with van der Waals surface area (Å²) in [5.74, 6) is 1.04. The quantitative estimate of drug-likeness (QED) is 0.897. The van der Waals surface area contributed by atoms with Crippen LogP contribution in [0.1, 0.15) is 39.5 Å².